The summed E-state index contributed by atoms with van der Waals surface area (Å²) in [5.74, 6) is 2.46. The van der Waals surface area contributed by atoms with E-state index in [2.05, 4.69) is 16.9 Å². The van der Waals surface area contributed by atoms with E-state index in [4.69, 9.17) is 10.5 Å². The number of nitrogen functional groups attached to an aromatic ring is 1. The second-order valence-electron chi connectivity index (χ2n) is 5.82. The fraction of sp³-hybridized carbons (Fsp3) is 0.412. The summed E-state index contributed by atoms with van der Waals surface area (Å²) in [7, 11) is 0. The number of hydrogen-bond donors (Lipinski definition) is 1. The van der Waals surface area contributed by atoms with Crippen molar-refractivity contribution in [2.45, 2.75) is 38.7 Å². The zero-order valence-electron chi connectivity index (χ0n) is 12.3. The van der Waals surface area contributed by atoms with Crippen LogP contribution in [0.15, 0.2) is 36.4 Å². The van der Waals surface area contributed by atoms with Gasteiger partial charge in [0, 0.05) is 11.6 Å². The van der Waals surface area contributed by atoms with Crippen molar-refractivity contribution < 1.29 is 4.74 Å². The maximum Gasteiger partial charge on any atom is 0.219 e. The lowest BCUT2D eigenvalue weighted by molar-refractivity contribution is 0.130. The molecule has 110 valence electrons. The molecule has 1 aromatic carbocycles. The summed E-state index contributed by atoms with van der Waals surface area (Å²) in [6, 6.07) is 11.6. The van der Waals surface area contributed by atoms with Crippen LogP contribution < -0.4 is 10.5 Å². The summed E-state index contributed by atoms with van der Waals surface area (Å²) in [5.41, 5.74) is 6.84. The first kappa shape index (κ1) is 13.9. The van der Waals surface area contributed by atoms with Gasteiger partial charge in [-0.3, -0.25) is 0 Å². The molecule has 1 aliphatic rings. The van der Waals surface area contributed by atoms with E-state index >= 15 is 0 Å². The predicted molar refractivity (Wildman–Crippen MR) is 83.9 cm³/mol. The largest absolute Gasteiger partial charge is 0.474 e. The van der Waals surface area contributed by atoms with Crippen molar-refractivity contribution >= 4 is 5.82 Å². The summed E-state index contributed by atoms with van der Waals surface area (Å²) in [4.78, 5) is 8.80. The Labute approximate surface area is 125 Å². The molecule has 1 saturated carbocycles. The molecule has 21 heavy (non-hydrogen) atoms. The van der Waals surface area contributed by atoms with Crippen LogP contribution in [0.4, 0.5) is 5.82 Å². The first-order valence-corrected chi connectivity index (χ1v) is 7.57. The van der Waals surface area contributed by atoms with Gasteiger partial charge in [-0.25, -0.2) is 4.98 Å². The van der Waals surface area contributed by atoms with Crippen LogP contribution in [0, 0.1) is 5.92 Å². The fourth-order valence-corrected chi connectivity index (χ4v) is 2.74. The highest BCUT2D eigenvalue weighted by atomic mass is 16.5. The smallest absolute Gasteiger partial charge is 0.219 e. The molecule has 4 nitrogen and oxygen atoms in total. The monoisotopic (exact) mass is 283 g/mol. The molecule has 0 spiro atoms. The predicted octanol–water partition coefficient (Wildman–Crippen LogP) is 3.68. The number of aromatic nitrogens is 2. The third-order valence-electron chi connectivity index (χ3n) is 4.00. The fourth-order valence-electron chi connectivity index (χ4n) is 2.74. The Kier molecular flexibility index (Phi) is 4.04. The standard InChI is InChI=1S/C17H21N3O/c1-12-7-9-14(10-8-12)21-16-11-15(18)19-17(20-16)13-5-3-2-4-6-13/h2-6,11-12,14H,7-10H2,1H3,(H2,18,19,20). The highest BCUT2D eigenvalue weighted by Crippen LogP contribution is 2.28. The van der Waals surface area contributed by atoms with Crippen molar-refractivity contribution in [3.05, 3.63) is 36.4 Å². The van der Waals surface area contributed by atoms with Crippen molar-refractivity contribution in [2.75, 3.05) is 5.73 Å². The van der Waals surface area contributed by atoms with Crippen LogP contribution in [-0.2, 0) is 0 Å². The van der Waals surface area contributed by atoms with E-state index in [1.165, 1.54) is 12.8 Å². The second kappa shape index (κ2) is 6.12. The summed E-state index contributed by atoms with van der Waals surface area (Å²) in [5, 5.41) is 0. The third kappa shape index (κ3) is 3.51. The molecule has 2 N–H and O–H groups in total. The van der Waals surface area contributed by atoms with Crippen LogP contribution in [-0.4, -0.2) is 16.1 Å². The number of anilines is 1. The average molecular weight is 283 g/mol. The number of nitrogens with zero attached hydrogens (tertiary/aromatic N) is 2. The van der Waals surface area contributed by atoms with Crippen LogP contribution in [0.2, 0.25) is 0 Å². The van der Waals surface area contributed by atoms with Gasteiger partial charge in [-0.2, -0.15) is 4.98 Å². The molecule has 0 saturated heterocycles. The molecule has 1 heterocycles. The average Bonchev–Trinajstić information content (AvgIpc) is 2.50. The minimum atomic E-state index is 0.249. The first-order valence-electron chi connectivity index (χ1n) is 7.57. The number of hydrogen-bond acceptors (Lipinski definition) is 4. The number of nitrogens with two attached hydrogens (primary N) is 1. The van der Waals surface area contributed by atoms with Gasteiger partial charge in [-0.1, -0.05) is 37.3 Å². The van der Waals surface area contributed by atoms with Crippen LogP contribution in [0.25, 0.3) is 11.4 Å². The summed E-state index contributed by atoms with van der Waals surface area (Å²) < 4.78 is 6.02. The van der Waals surface area contributed by atoms with Crippen LogP contribution in [0.5, 0.6) is 5.88 Å². The topological polar surface area (TPSA) is 61.0 Å². The van der Waals surface area contributed by atoms with Gasteiger partial charge in [0.15, 0.2) is 5.82 Å². The van der Waals surface area contributed by atoms with E-state index < -0.39 is 0 Å². The summed E-state index contributed by atoms with van der Waals surface area (Å²) in [6.45, 7) is 2.30. The Morgan fingerprint density at radius 1 is 1.05 bits per heavy atom. The van der Waals surface area contributed by atoms with Crippen LogP contribution in [0.3, 0.4) is 0 Å². The third-order valence-corrected chi connectivity index (χ3v) is 4.00. The molecule has 0 unspecified atom stereocenters. The maximum absolute atomic E-state index is 6.02. The van der Waals surface area contributed by atoms with Crippen LogP contribution in [0.1, 0.15) is 32.6 Å². The molecule has 0 radical (unpaired) electrons. The van der Waals surface area contributed by atoms with E-state index in [-0.39, 0.29) is 6.10 Å². The molecular weight excluding hydrogens is 262 g/mol. The van der Waals surface area contributed by atoms with Crippen LogP contribution >= 0.6 is 0 Å². The van der Waals surface area contributed by atoms with Gasteiger partial charge < -0.3 is 10.5 Å². The van der Waals surface area contributed by atoms with Gasteiger partial charge in [0.2, 0.25) is 5.88 Å². The molecule has 0 amide bonds. The summed E-state index contributed by atoms with van der Waals surface area (Å²) >= 11 is 0. The Hall–Kier alpha value is -2.10. The Morgan fingerprint density at radius 3 is 2.48 bits per heavy atom. The van der Waals surface area contributed by atoms with Gasteiger partial charge in [0.05, 0.1) is 0 Å². The van der Waals surface area contributed by atoms with Crippen molar-refractivity contribution in [3.8, 4) is 17.3 Å². The zero-order valence-corrected chi connectivity index (χ0v) is 12.3. The van der Waals surface area contributed by atoms with E-state index in [9.17, 15) is 0 Å². The Bertz CT molecular complexity index is 592. The Balaban J connectivity index is 1.78. The van der Waals surface area contributed by atoms with Crippen molar-refractivity contribution in [3.63, 3.8) is 0 Å². The van der Waals surface area contributed by atoms with E-state index in [0.29, 0.717) is 17.5 Å². The minimum Gasteiger partial charge on any atom is -0.474 e. The molecule has 0 atom stereocenters. The molecular formula is C17H21N3O. The van der Waals surface area contributed by atoms with Crippen molar-refractivity contribution in [1.29, 1.82) is 0 Å². The molecule has 1 aliphatic carbocycles. The van der Waals surface area contributed by atoms with Gasteiger partial charge in [0.1, 0.15) is 11.9 Å². The quantitative estimate of drug-likeness (QED) is 0.933. The lowest BCUT2D eigenvalue weighted by atomic mass is 9.89. The number of benzene rings is 1. The molecule has 2 aromatic rings. The number of ether oxygens (including phenoxy) is 1. The van der Waals surface area contributed by atoms with Gasteiger partial charge in [-0.15, -0.1) is 0 Å². The van der Waals surface area contributed by atoms with Crippen molar-refractivity contribution in [2.24, 2.45) is 5.92 Å². The highest BCUT2D eigenvalue weighted by Gasteiger charge is 2.20. The molecule has 3 rings (SSSR count). The molecule has 0 aliphatic heterocycles. The SMILES string of the molecule is CC1CCC(Oc2cc(N)nc(-c3ccccc3)n2)CC1. The second-order valence-corrected chi connectivity index (χ2v) is 5.82. The molecule has 4 heteroatoms. The molecule has 1 aromatic heterocycles. The lowest BCUT2D eigenvalue weighted by Gasteiger charge is -2.26. The zero-order chi connectivity index (χ0) is 14.7. The van der Waals surface area contributed by atoms with Gasteiger partial charge in [0.25, 0.3) is 0 Å². The van der Waals surface area contributed by atoms with E-state index in [1.807, 2.05) is 30.3 Å². The van der Waals surface area contributed by atoms with Crippen molar-refractivity contribution in [1.82, 2.24) is 9.97 Å². The van der Waals surface area contributed by atoms with Gasteiger partial charge >= 0.3 is 0 Å². The lowest BCUT2D eigenvalue weighted by Crippen LogP contribution is -2.23. The van der Waals surface area contributed by atoms with E-state index in [0.717, 1.165) is 24.3 Å². The first-order chi connectivity index (χ1) is 10.2. The molecule has 1 fully saturated rings. The maximum atomic E-state index is 6.02. The number of rotatable bonds is 3. The highest BCUT2D eigenvalue weighted by molar-refractivity contribution is 5.57. The summed E-state index contributed by atoms with van der Waals surface area (Å²) in [6.07, 6.45) is 4.87. The molecule has 0 bridgehead atoms. The van der Waals surface area contributed by atoms with E-state index in [1.54, 1.807) is 6.07 Å². The Morgan fingerprint density at radius 2 is 1.76 bits per heavy atom. The normalized spacial score (nSPS) is 22.0. The van der Waals surface area contributed by atoms with Gasteiger partial charge in [-0.05, 0) is 31.6 Å². The minimum absolute atomic E-state index is 0.249.